The first-order valence-corrected chi connectivity index (χ1v) is 11.0. The standard InChI is InChI=1S/C23H21F7N4O3/c24-17-3-1-14(2-4-17)19-20(37-8-6-34(19)12-18-31-21(35)33-32-18)36-7-5-13-9-15(22(25,26)27)11-16(10-13)23(28,29)30/h1-4,9-11,19-20H,5-8,12H2,(H2,31,32,33,35)/t19-,20-/m1/s1. The normalized spacial score (nSPS) is 19.3. The Morgan fingerprint density at radius 3 is 2.22 bits per heavy atom. The molecular formula is C23H21F7N4O3. The number of morpholine rings is 1. The molecule has 1 fully saturated rings. The summed E-state index contributed by atoms with van der Waals surface area (Å²) >= 11 is 0. The van der Waals surface area contributed by atoms with Gasteiger partial charge in [0.2, 0.25) is 0 Å². The van der Waals surface area contributed by atoms with Gasteiger partial charge in [-0.25, -0.2) is 14.3 Å². The van der Waals surface area contributed by atoms with Gasteiger partial charge < -0.3 is 9.47 Å². The van der Waals surface area contributed by atoms with Crippen molar-refractivity contribution in [3.8, 4) is 0 Å². The van der Waals surface area contributed by atoms with Crippen LogP contribution in [0.25, 0.3) is 0 Å². The number of halogens is 7. The molecule has 37 heavy (non-hydrogen) atoms. The second kappa shape index (κ2) is 10.6. The van der Waals surface area contributed by atoms with Gasteiger partial charge in [-0.2, -0.15) is 31.3 Å². The van der Waals surface area contributed by atoms with Crippen LogP contribution in [-0.2, 0) is 34.8 Å². The van der Waals surface area contributed by atoms with Crippen LogP contribution in [0.1, 0.15) is 34.1 Å². The van der Waals surface area contributed by atoms with Gasteiger partial charge in [-0.05, 0) is 47.9 Å². The number of benzene rings is 2. The Labute approximate surface area is 205 Å². The molecule has 1 aromatic heterocycles. The Morgan fingerprint density at radius 2 is 1.65 bits per heavy atom. The van der Waals surface area contributed by atoms with E-state index in [4.69, 9.17) is 9.47 Å². The van der Waals surface area contributed by atoms with Crippen LogP contribution in [0.15, 0.2) is 47.3 Å². The zero-order valence-corrected chi connectivity index (χ0v) is 19.0. The summed E-state index contributed by atoms with van der Waals surface area (Å²) in [5, 5.41) is 4.96. The Morgan fingerprint density at radius 1 is 1.00 bits per heavy atom. The van der Waals surface area contributed by atoms with Gasteiger partial charge in [0.05, 0.1) is 36.9 Å². The van der Waals surface area contributed by atoms with Crippen LogP contribution in [0, 0.1) is 5.82 Å². The fourth-order valence-electron chi connectivity index (χ4n) is 4.06. The van der Waals surface area contributed by atoms with Crippen molar-refractivity contribution in [3.05, 3.63) is 86.8 Å². The molecule has 0 aliphatic carbocycles. The summed E-state index contributed by atoms with van der Waals surface area (Å²) in [7, 11) is 0. The van der Waals surface area contributed by atoms with Crippen LogP contribution in [0.2, 0.25) is 0 Å². The highest BCUT2D eigenvalue weighted by Crippen LogP contribution is 2.37. The third kappa shape index (κ3) is 6.76. The van der Waals surface area contributed by atoms with Crippen LogP contribution >= 0.6 is 0 Å². The number of rotatable bonds is 7. The molecule has 2 aromatic carbocycles. The molecule has 0 radical (unpaired) electrons. The maximum absolute atomic E-state index is 13.5. The minimum atomic E-state index is -4.95. The van der Waals surface area contributed by atoms with E-state index in [2.05, 4.69) is 15.2 Å². The highest BCUT2D eigenvalue weighted by atomic mass is 19.4. The zero-order chi connectivity index (χ0) is 26.8. The highest BCUT2D eigenvalue weighted by Gasteiger charge is 2.37. The maximum Gasteiger partial charge on any atom is 0.416 e. The van der Waals surface area contributed by atoms with Crippen molar-refractivity contribution in [1.82, 2.24) is 20.1 Å². The molecule has 1 aliphatic heterocycles. The van der Waals surface area contributed by atoms with E-state index < -0.39 is 47.3 Å². The number of aromatic nitrogens is 3. The number of aromatic amines is 2. The summed E-state index contributed by atoms with van der Waals surface area (Å²) in [4.78, 5) is 17.0. The predicted octanol–water partition coefficient (Wildman–Crippen LogP) is 4.43. The Kier molecular flexibility index (Phi) is 7.71. The molecule has 2 N–H and O–H groups in total. The van der Waals surface area contributed by atoms with Gasteiger partial charge in [-0.1, -0.05) is 12.1 Å². The van der Waals surface area contributed by atoms with Crippen LogP contribution in [0.4, 0.5) is 30.7 Å². The molecule has 1 saturated heterocycles. The van der Waals surface area contributed by atoms with Crippen LogP contribution in [0.3, 0.4) is 0 Å². The van der Waals surface area contributed by atoms with Gasteiger partial charge in [0.1, 0.15) is 11.6 Å². The van der Waals surface area contributed by atoms with Crippen LogP contribution < -0.4 is 5.69 Å². The van der Waals surface area contributed by atoms with Gasteiger partial charge in [0.15, 0.2) is 6.29 Å². The summed E-state index contributed by atoms with van der Waals surface area (Å²) in [6.07, 6.45) is -11.1. The Bertz CT molecular complexity index is 1220. The Balaban J connectivity index is 1.53. The molecule has 1 aliphatic rings. The van der Waals surface area contributed by atoms with E-state index in [1.54, 1.807) is 0 Å². The quantitative estimate of drug-likeness (QED) is 0.439. The molecule has 0 spiro atoms. The molecule has 14 heteroatoms. The van der Waals surface area contributed by atoms with Crippen molar-refractivity contribution in [3.63, 3.8) is 0 Å². The molecule has 200 valence electrons. The molecule has 0 unspecified atom stereocenters. The third-order valence-electron chi connectivity index (χ3n) is 5.75. The number of ether oxygens (including phenoxy) is 2. The first-order valence-electron chi connectivity index (χ1n) is 11.0. The van der Waals surface area contributed by atoms with Gasteiger partial charge in [0, 0.05) is 6.54 Å². The first-order chi connectivity index (χ1) is 17.4. The first kappa shape index (κ1) is 26.8. The van der Waals surface area contributed by atoms with Crippen molar-refractivity contribution in [1.29, 1.82) is 0 Å². The number of nitrogens with zero attached hydrogens (tertiary/aromatic N) is 2. The SMILES string of the molecule is O=c1nc(CN2CCO[C@@H](OCCc3cc(C(F)(F)F)cc(C(F)(F)F)c3)[C@H]2c2ccc(F)cc2)[nH][nH]1. The van der Waals surface area contributed by atoms with Gasteiger partial charge in [-0.3, -0.25) is 10.00 Å². The summed E-state index contributed by atoms with van der Waals surface area (Å²) < 4.78 is 104. The minimum absolute atomic E-state index is 0.0659. The van der Waals surface area contributed by atoms with E-state index in [1.807, 2.05) is 4.90 Å². The predicted molar refractivity (Wildman–Crippen MR) is 115 cm³/mol. The smallest absolute Gasteiger partial charge is 0.350 e. The lowest BCUT2D eigenvalue weighted by molar-refractivity contribution is -0.212. The molecule has 0 amide bonds. The third-order valence-corrected chi connectivity index (χ3v) is 5.75. The van der Waals surface area contributed by atoms with E-state index in [-0.39, 0.29) is 37.8 Å². The largest absolute Gasteiger partial charge is 0.416 e. The lowest BCUT2D eigenvalue weighted by Gasteiger charge is -2.40. The molecule has 2 heterocycles. The number of alkyl halides is 6. The molecular weight excluding hydrogens is 513 g/mol. The van der Waals surface area contributed by atoms with Crippen molar-refractivity contribution in [2.75, 3.05) is 19.8 Å². The second-order valence-corrected chi connectivity index (χ2v) is 8.35. The summed E-state index contributed by atoms with van der Waals surface area (Å²) in [6.45, 7) is 0.457. The Hall–Kier alpha value is -3.23. The molecule has 0 bridgehead atoms. The van der Waals surface area contributed by atoms with E-state index in [0.717, 1.165) is 0 Å². The van der Waals surface area contributed by atoms with Gasteiger partial charge >= 0.3 is 18.0 Å². The number of nitrogens with one attached hydrogen (secondary N) is 2. The molecule has 3 aromatic rings. The maximum atomic E-state index is 13.5. The summed E-state index contributed by atoms with van der Waals surface area (Å²) in [5.41, 5.74) is -3.01. The zero-order valence-electron chi connectivity index (χ0n) is 19.0. The second-order valence-electron chi connectivity index (χ2n) is 8.35. The van der Waals surface area contributed by atoms with E-state index in [1.165, 1.54) is 24.3 Å². The molecule has 7 nitrogen and oxygen atoms in total. The average Bonchev–Trinajstić information content (AvgIpc) is 3.23. The number of H-pyrrole nitrogens is 2. The summed E-state index contributed by atoms with van der Waals surface area (Å²) in [6, 6.07) is 6.21. The molecule has 2 atom stereocenters. The highest BCUT2D eigenvalue weighted by molar-refractivity contribution is 5.33. The fraction of sp³-hybridized carbons (Fsp3) is 0.391. The fourth-order valence-corrected chi connectivity index (χ4v) is 4.06. The van der Waals surface area contributed by atoms with Crippen molar-refractivity contribution in [2.45, 2.75) is 37.7 Å². The lowest BCUT2D eigenvalue weighted by atomic mass is 10.0. The lowest BCUT2D eigenvalue weighted by Crippen LogP contribution is -2.46. The van der Waals surface area contributed by atoms with E-state index >= 15 is 0 Å². The molecule has 4 rings (SSSR count). The van der Waals surface area contributed by atoms with Gasteiger partial charge in [-0.15, -0.1) is 0 Å². The number of hydrogen-bond acceptors (Lipinski definition) is 5. The van der Waals surface area contributed by atoms with Crippen molar-refractivity contribution < 1.29 is 40.2 Å². The summed E-state index contributed by atoms with van der Waals surface area (Å²) in [5.74, 6) is -0.160. The monoisotopic (exact) mass is 534 g/mol. The van der Waals surface area contributed by atoms with Gasteiger partial charge in [0.25, 0.3) is 0 Å². The average molecular weight is 534 g/mol. The van der Waals surface area contributed by atoms with E-state index in [0.29, 0.717) is 30.1 Å². The van der Waals surface area contributed by atoms with Crippen molar-refractivity contribution in [2.24, 2.45) is 0 Å². The van der Waals surface area contributed by atoms with E-state index in [9.17, 15) is 35.5 Å². The van der Waals surface area contributed by atoms with Crippen molar-refractivity contribution >= 4 is 0 Å². The molecule has 0 saturated carbocycles. The van der Waals surface area contributed by atoms with Crippen LogP contribution in [0.5, 0.6) is 0 Å². The number of hydrogen-bond donors (Lipinski definition) is 2. The topological polar surface area (TPSA) is 83.2 Å². The van der Waals surface area contributed by atoms with Crippen LogP contribution in [-0.4, -0.2) is 46.1 Å². The minimum Gasteiger partial charge on any atom is -0.350 e.